The summed E-state index contributed by atoms with van der Waals surface area (Å²) in [7, 11) is 0. The van der Waals surface area contributed by atoms with E-state index in [9.17, 15) is 0 Å². The zero-order chi connectivity index (χ0) is 29.8. The Morgan fingerprint density at radius 2 is 1.77 bits per heavy atom. The summed E-state index contributed by atoms with van der Waals surface area (Å²) in [6, 6.07) is 0. The Balaban J connectivity index is 1.84. The van der Waals surface area contributed by atoms with Crippen molar-refractivity contribution < 1.29 is 0 Å². The Bertz CT molecular complexity index is 1250. The molecule has 40 heavy (non-hydrogen) atoms. The first-order valence-corrected chi connectivity index (χ1v) is 15.2. The first-order chi connectivity index (χ1) is 18.8. The standard InChI is InChI=1S/C40H54/c1-31(19-13-21-33(3)25-27-37-35(5)23-15-29-39(37,7)8)17-11-12-18-32(2)20-14-22-34(4)26-28-38-36(6)24-16-30-40(38,9)10/h13,15,17,19,21,23,25-28,32,36H,16,18,22,24,29-30H2,1-10H3/b19-13+,27-25+,31-17+,33-21+,34-26+,38-28+. The molecule has 2 aliphatic rings. The molecule has 214 valence electrons. The highest BCUT2D eigenvalue weighted by molar-refractivity contribution is 5.42. The minimum atomic E-state index is 0.200. The molecule has 0 amide bonds. The summed E-state index contributed by atoms with van der Waals surface area (Å²) >= 11 is 0. The number of allylic oxidation sites excluding steroid dienone is 16. The van der Waals surface area contributed by atoms with Crippen LogP contribution in [0.3, 0.4) is 0 Å². The molecule has 2 unspecified atom stereocenters. The topological polar surface area (TPSA) is 0 Å². The van der Waals surface area contributed by atoms with Crippen molar-refractivity contribution in [3.8, 4) is 23.7 Å². The van der Waals surface area contributed by atoms with Crippen molar-refractivity contribution >= 4 is 0 Å². The fourth-order valence-electron chi connectivity index (χ4n) is 5.58. The second-order valence-corrected chi connectivity index (χ2v) is 13.3. The molecule has 0 nitrogen and oxygen atoms in total. The molecule has 0 aromatic rings. The summed E-state index contributed by atoms with van der Waals surface area (Å²) in [4.78, 5) is 0. The third kappa shape index (κ3) is 11.3. The van der Waals surface area contributed by atoms with E-state index in [1.54, 1.807) is 5.57 Å². The van der Waals surface area contributed by atoms with Crippen molar-refractivity contribution in [3.05, 3.63) is 94.2 Å². The highest BCUT2D eigenvalue weighted by Crippen LogP contribution is 2.43. The molecule has 0 aromatic carbocycles. The van der Waals surface area contributed by atoms with Gasteiger partial charge in [-0.1, -0.05) is 143 Å². The van der Waals surface area contributed by atoms with Crippen LogP contribution < -0.4 is 0 Å². The van der Waals surface area contributed by atoms with Gasteiger partial charge in [0, 0.05) is 18.8 Å². The van der Waals surface area contributed by atoms with Gasteiger partial charge >= 0.3 is 0 Å². The van der Waals surface area contributed by atoms with Crippen LogP contribution in [-0.4, -0.2) is 0 Å². The average Bonchev–Trinajstić information content (AvgIpc) is 2.85. The molecule has 0 aliphatic heterocycles. The van der Waals surface area contributed by atoms with Crippen molar-refractivity contribution in [2.75, 3.05) is 0 Å². The highest BCUT2D eigenvalue weighted by Gasteiger charge is 2.30. The van der Waals surface area contributed by atoms with E-state index in [0.717, 1.165) is 24.8 Å². The van der Waals surface area contributed by atoms with E-state index in [4.69, 9.17) is 0 Å². The second-order valence-electron chi connectivity index (χ2n) is 13.3. The van der Waals surface area contributed by atoms with E-state index in [-0.39, 0.29) is 11.3 Å². The van der Waals surface area contributed by atoms with Crippen LogP contribution in [0.25, 0.3) is 0 Å². The van der Waals surface area contributed by atoms with Crippen LogP contribution >= 0.6 is 0 Å². The van der Waals surface area contributed by atoms with Gasteiger partial charge in [0.05, 0.1) is 0 Å². The first-order valence-electron chi connectivity index (χ1n) is 15.2. The van der Waals surface area contributed by atoms with Gasteiger partial charge < -0.3 is 0 Å². The molecule has 2 aliphatic carbocycles. The zero-order valence-electron chi connectivity index (χ0n) is 27.2. The van der Waals surface area contributed by atoms with Gasteiger partial charge in [-0.15, -0.1) is 0 Å². The molecular weight excluding hydrogens is 480 g/mol. The van der Waals surface area contributed by atoms with E-state index < -0.39 is 0 Å². The molecule has 0 heteroatoms. The largest absolute Gasteiger partial charge is 0.0989 e. The monoisotopic (exact) mass is 534 g/mol. The van der Waals surface area contributed by atoms with Crippen molar-refractivity contribution in [2.24, 2.45) is 22.7 Å². The van der Waals surface area contributed by atoms with Gasteiger partial charge in [-0.25, -0.2) is 0 Å². The third-order valence-electron chi connectivity index (χ3n) is 8.21. The van der Waals surface area contributed by atoms with Crippen LogP contribution in [0.2, 0.25) is 0 Å². The molecule has 0 spiro atoms. The number of rotatable bonds is 7. The van der Waals surface area contributed by atoms with Gasteiger partial charge in [-0.2, -0.15) is 0 Å². The molecule has 0 heterocycles. The lowest BCUT2D eigenvalue weighted by molar-refractivity contribution is 0.290. The number of hydrogen-bond donors (Lipinski definition) is 0. The predicted molar refractivity (Wildman–Crippen MR) is 179 cm³/mol. The van der Waals surface area contributed by atoms with E-state index >= 15 is 0 Å². The second kappa shape index (κ2) is 15.7. The van der Waals surface area contributed by atoms with Crippen LogP contribution in [0.5, 0.6) is 0 Å². The van der Waals surface area contributed by atoms with Crippen LogP contribution in [0.15, 0.2) is 94.2 Å². The minimum Gasteiger partial charge on any atom is -0.0989 e. The highest BCUT2D eigenvalue weighted by atomic mass is 14.4. The summed E-state index contributed by atoms with van der Waals surface area (Å²) < 4.78 is 0. The molecule has 0 radical (unpaired) electrons. The molecule has 0 aromatic heterocycles. The van der Waals surface area contributed by atoms with Gasteiger partial charge in [0.15, 0.2) is 0 Å². The maximum absolute atomic E-state index is 3.38. The Labute approximate surface area is 247 Å². The summed E-state index contributed by atoms with van der Waals surface area (Å²) in [5.41, 5.74) is 8.63. The van der Waals surface area contributed by atoms with Crippen molar-refractivity contribution in [3.63, 3.8) is 0 Å². The molecule has 1 saturated carbocycles. The summed E-state index contributed by atoms with van der Waals surface area (Å²) in [5, 5.41) is 0. The van der Waals surface area contributed by atoms with Gasteiger partial charge in [-0.3, -0.25) is 0 Å². The minimum absolute atomic E-state index is 0.200. The van der Waals surface area contributed by atoms with Crippen LogP contribution in [0.1, 0.15) is 108 Å². The maximum Gasteiger partial charge on any atom is 0.0299 e. The lowest BCUT2D eigenvalue weighted by Gasteiger charge is -2.37. The van der Waals surface area contributed by atoms with Crippen LogP contribution in [0.4, 0.5) is 0 Å². The van der Waals surface area contributed by atoms with Gasteiger partial charge in [0.1, 0.15) is 0 Å². The fraction of sp³-hybridized carbons (Fsp3) is 0.500. The normalized spacial score (nSPS) is 23.3. The predicted octanol–water partition coefficient (Wildman–Crippen LogP) is 11.4. The quantitative estimate of drug-likeness (QED) is 0.225. The van der Waals surface area contributed by atoms with Crippen molar-refractivity contribution in [1.82, 2.24) is 0 Å². The SMILES string of the molecule is CC1=C(/C=C/C(C)=C/C=C/C(C)=C/C#CCC(C)C#CC/C(C)=C/C=C2\C(C)CCCC2(C)C)C(C)(C)CC=C1. The molecule has 2 atom stereocenters. The van der Waals surface area contributed by atoms with E-state index in [2.05, 4.69) is 148 Å². The lowest BCUT2D eigenvalue weighted by atomic mass is 9.68. The summed E-state index contributed by atoms with van der Waals surface area (Å²) in [6.07, 6.45) is 28.7. The lowest BCUT2D eigenvalue weighted by Crippen LogP contribution is -2.24. The Hall–Kier alpha value is -2.96. The molecule has 2 rings (SSSR count). The molecule has 0 saturated heterocycles. The third-order valence-corrected chi connectivity index (χ3v) is 8.21. The number of hydrogen-bond acceptors (Lipinski definition) is 0. The van der Waals surface area contributed by atoms with Gasteiger partial charge in [0.25, 0.3) is 0 Å². The van der Waals surface area contributed by atoms with Crippen LogP contribution in [0, 0.1) is 46.3 Å². The Morgan fingerprint density at radius 1 is 1.02 bits per heavy atom. The smallest absolute Gasteiger partial charge is 0.0299 e. The van der Waals surface area contributed by atoms with E-state index in [0.29, 0.717) is 11.3 Å². The van der Waals surface area contributed by atoms with Gasteiger partial charge in [0.2, 0.25) is 0 Å². The summed E-state index contributed by atoms with van der Waals surface area (Å²) in [5.74, 6) is 14.2. The average molecular weight is 535 g/mol. The molecule has 0 bridgehead atoms. The van der Waals surface area contributed by atoms with Gasteiger partial charge in [-0.05, 0) is 86.5 Å². The molecular formula is C40H54. The maximum atomic E-state index is 3.38. The molecule has 0 N–H and O–H groups in total. The van der Waals surface area contributed by atoms with Crippen molar-refractivity contribution in [2.45, 2.75) is 108 Å². The fourth-order valence-corrected chi connectivity index (χ4v) is 5.58. The van der Waals surface area contributed by atoms with E-state index in [1.165, 1.54) is 41.6 Å². The van der Waals surface area contributed by atoms with Crippen molar-refractivity contribution in [1.29, 1.82) is 0 Å². The molecule has 1 fully saturated rings. The summed E-state index contributed by atoms with van der Waals surface area (Å²) in [6.45, 7) is 22.6. The van der Waals surface area contributed by atoms with E-state index in [1.807, 2.05) is 6.08 Å². The first kappa shape index (κ1) is 33.2. The van der Waals surface area contributed by atoms with Crippen LogP contribution in [-0.2, 0) is 0 Å². The Morgan fingerprint density at radius 3 is 2.48 bits per heavy atom. The zero-order valence-corrected chi connectivity index (χ0v) is 27.2. The Kier molecular flexibility index (Phi) is 13.1.